The van der Waals surface area contributed by atoms with Crippen LogP contribution in [0.3, 0.4) is 0 Å². The monoisotopic (exact) mass is 385 g/mol. The molecular weight excluding hydrogens is 346 g/mol. The summed E-state index contributed by atoms with van der Waals surface area (Å²) < 4.78 is 0. The summed E-state index contributed by atoms with van der Waals surface area (Å²) in [5.74, 6) is 0.682. The van der Waals surface area contributed by atoms with Crippen molar-refractivity contribution in [3.8, 4) is 0 Å². The van der Waals surface area contributed by atoms with Crippen molar-refractivity contribution < 1.29 is 4.79 Å². The highest BCUT2D eigenvalue weighted by molar-refractivity contribution is 5.89. The van der Waals surface area contributed by atoms with Gasteiger partial charge in [-0.1, -0.05) is 51.4 Å². The molecule has 1 aromatic carbocycles. The molecular formula is C24H39N3O. The van der Waals surface area contributed by atoms with Crippen LogP contribution in [0.4, 0.5) is 16.2 Å². The molecule has 0 unspecified atom stereocenters. The quantitative estimate of drug-likeness (QED) is 0.647. The maximum Gasteiger partial charge on any atom is 0.322 e. The minimum atomic E-state index is 0.105. The lowest BCUT2D eigenvalue weighted by molar-refractivity contribution is 0.148. The highest BCUT2D eigenvalue weighted by Gasteiger charge is 2.27. The maximum atomic E-state index is 13.3. The standard InChI is InChI=1S/C24H39N3O/c1-26(2)22-17-15-21(16-18-22)25-24(28)27(19-20-11-7-6-8-12-20)23-13-9-4-3-5-10-14-23/h15-18,20,23H,3-14,19H2,1-2H3,(H,25,28). The van der Waals surface area contributed by atoms with E-state index in [1.807, 2.05) is 26.2 Å². The highest BCUT2D eigenvalue weighted by Crippen LogP contribution is 2.28. The molecule has 0 aromatic heterocycles. The molecule has 0 bridgehead atoms. The average Bonchev–Trinajstić information content (AvgIpc) is 2.67. The van der Waals surface area contributed by atoms with Crippen LogP contribution in [0.1, 0.15) is 77.0 Å². The van der Waals surface area contributed by atoms with Crippen molar-refractivity contribution in [2.75, 3.05) is 30.9 Å². The summed E-state index contributed by atoms with van der Waals surface area (Å²) in [5, 5.41) is 3.20. The third-order valence-corrected chi connectivity index (χ3v) is 6.59. The molecule has 0 saturated heterocycles. The lowest BCUT2D eigenvalue weighted by atomic mass is 9.88. The van der Waals surface area contributed by atoms with Gasteiger partial charge in [0.1, 0.15) is 0 Å². The van der Waals surface area contributed by atoms with Gasteiger partial charge in [0, 0.05) is 38.1 Å². The number of rotatable bonds is 5. The van der Waals surface area contributed by atoms with E-state index < -0.39 is 0 Å². The Morgan fingerprint density at radius 3 is 2.00 bits per heavy atom. The van der Waals surface area contributed by atoms with Crippen LogP contribution in [-0.2, 0) is 0 Å². The van der Waals surface area contributed by atoms with Crippen LogP contribution >= 0.6 is 0 Å². The van der Waals surface area contributed by atoms with Gasteiger partial charge in [0.15, 0.2) is 0 Å². The molecule has 4 nitrogen and oxygen atoms in total. The zero-order valence-corrected chi connectivity index (χ0v) is 18.0. The second-order valence-corrected chi connectivity index (χ2v) is 9.03. The first-order valence-corrected chi connectivity index (χ1v) is 11.5. The second-order valence-electron chi connectivity index (χ2n) is 9.03. The molecule has 0 heterocycles. The highest BCUT2D eigenvalue weighted by atomic mass is 16.2. The summed E-state index contributed by atoms with van der Waals surface area (Å²) in [6.07, 6.45) is 15.5. The van der Waals surface area contributed by atoms with E-state index in [1.165, 1.54) is 77.0 Å². The van der Waals surface area contributed by atoms with Gasteiger partial charge in [-0.25, -0.2) is 4.79 Å². The Balaban J connectivity index is 1.68. The van der Waals surface area contributed by atoms with Crippen molar-refractivity contribution in [3.63, 3.8) is 0 Å². The Kier molecular flexibility index (Phi) is 8.05. The number of benzene rings is 1. The van der Waals surface area contributed by atoms with E-state index in [4.69, 9.17) is 0 Å². The van der Waals surface area contributed by atoms with Gasteiger partial charge >= 0.3 is 6.03 Å². The Morgan fingerprint density at radius 2 is 1.39 bits per heavy atom. The van der Waals surface area contributed by atoms with Crippen LogP contribution in [-0.4, -0.2) is 37.6 Å². The van der Waals surface area contributed by atoms with Crippen molar-refractivity contribution >= 4 is 17.4 Å². The lowest BCUT2D eigenvalue weighted by Crippen LogP contribution is -2.46. The third-order valence-electron chi connectivity index (χ3n) is 6.59. The average molecular weight is 386 g/mol. The number of carbonyl (C=O) groups is 1. The first kappa shape index (κ1) is 21.0. The van der Waals surface area contributed by atoms with Gasteiger partial charge < -0.3 is 15.1 Å². The zero-order chi connectivity index (χ0) is 19.8. The molecule has 2 amide bonds. The molecule has 0 spiro atoms. The number of urea groups is 1. The van der Waals surface area contributed by atoms with Crippen LogP contribution in [0.15, 0.2) is 24.3 Å². The third kappa shape index (κ3) is 6.15. The molecule has 2 aliphatic carbocycles. The molecule has 4 heteroatoms. The van der Waals surface area contributed by atoms with Crippen molar-refractivity contribution in [3.05, 3.63) is 24.3 Å². The molecule has 0 atom stereocenters. The number of carbonyl (C=O) groups excluding carboxylic acids is 1. The largest absolute Gasteiger partial charge is 0.378 e. The SMILES string of the molecule is CN(C)c1ccc(NC(=O)N(CC2CCCCC2)C2CCCCCCC2)cc1. The first-order valence-electron chi connectivity index (χ1n) is 11.5. The Hall–Kier alpha value is -1.71. The number of nitrogens with zero attached hydrogens (tertiary/aromatic N) is 2. The number of nitrogens with one attached hydrogen (secondary N) is 1. The summed E-state index contributed by atoms with van der Waals surface area (Å²) in [6.45, 7) is 0.937. The van der Waals surface area contributed by atoms with E-state index in [-0.39, 0.29) is 6.03 Å². The number of hydrogen-bond acceptors (Lipinski definition) is 2. The van der Waals surface area contributed by atoms with Gasteiger partial charge in [-0.15, -0.1) is 0 Å². The first-order chi connectivity index (χ1) is 13.6. The Labute approximate surface area is 171 Å². The molecule has 0 aliphatic heterocycles. The second kappa shape index (κ2) is 10.7. The van der Waals surface area contributed by atoms with E-state index in [0.717, 1.165) is 17.9 Å². The van der Waals surface area contributed by atoms with Crippen LogP contribution < -0.4 is 10.2 Å². The number of amides is 2. The van der Waals surface area contributed by atoms with Crippen LogP contribution in [0.2, 0.25) is 0 Å². The predicted octanol–water partition coefficient (Wildman–Crippen LogP) is 6.28. The summed E-state index contributed by atoms with van der Waals surface area (Å²) in [7, 11) is 4.07. The van der Waals surface area contributed by atoms with Crippen molar-refractivity contribution in [1.29, 1.82) is 0 Å². The van der Waals surface area contributed by atoms with E-state index in [9.17, 15) is 4.79 Å². The minimum absolute atomic E-state index is 0.105. The fourth-order valence-corrected chi connectivity index (χ4v) is 4.83. The van der Waals surface area contributed by atoms with Crippen LogP contribution in [0.25, 0.3) is 0 Å². The summed E-state index contributed by atoms with van der Waals surface area (Å²) >= 11 is 0. The van der Waals surface area contributed by atoms with Gasteiger partial charge in [0.2, 0.25) is 0 Å². The predicted molar refractivity (Wildman–Crippen MR) is 119 cm³/mol. The van der Waals surface area contributed by atoms with Crippen molar-refractivity contribution in [1.82, 2.24) is 4.90 Å². The van der Waals surface area contributed by atoms with Gasteiger partial charge in [-0.05, 0) is 55.9 Å². The number of anilines is 2. The maximum absolute atomic E-state index is 13.3. The van der Waals surface area contributed by atoms with Gasteiger partial charge in [-0.3, -0.25) is 0 Å². The molecule has 2 fully saturated rings. The minimum Gasteiger partial charge on any atom is -0.378 e. The molecule has 0 radical (unpaired) electrons. The molecule has 2 aliphatic rings. The normalized spacial score (nSPS) is 19.5. The topological polar surface area (TPSA) is 35.6 Å². The Bertz CT molecular complexity index is 584. The van der Waals surface area contributed by atoms with Crippen molar-refractivity contribution in [2.45, 2.75) is 83.1 Å². The van der Waals surface area contributed by atoms with Crippen LogP contribution in [0.5, 0.6) is 0 Å². The van der Waals surface area contributed by atoms with E-state index in [0.29, 0.717) is 12.0 Å². The summed E-state index contributed by atoms with van der Waals surface area (Å²) in [6, 6.07) is 8.68. The van der Waals surface area contributed by atoms with E-state index in [1.54, 1.807) is 0 Å². The van der Waals surface area contributed by atoms with Crippen LogP contribution in [0, 0.1) is 5.92 Å². The van der Waals surface area contributed by atoms with Gasteiger partial charge in [-0.2, -0.15) is 0 Å². The van der Waals surface area contributed by atoms with Gasteiger partial charge in [0.25, 0.3) is 0 Å². The fourth-order valence-electron chi connectivity index (χ4n) is 4.83. The molecule has 28 heavy (non-hydrogen) atoms. The number of hydrogen-bond donors (Lipinski definition) is 1. The van der Waals surface area contributed by atoms with Gasteiger partial charge in [0.05, 0.1) is 0 Å². The molecule has 1 aromatic rings. The fraction of sp³-hybridized carbons (Fsp3) is 0.708. The molecule has 1 N–H and O–H groups in total. The zero-order valence-electron chi connectivity index (χ0n) is 18.0. The van der Waals surface area contributed by atoms with E-state index in [2.05, 4.69) is 27.2 Å². The molecule has 156 valence electrons. The smallest absolute Gasteiger partial charge is 0.322 e. The Morgan fingerprint density at radius 1 is 0.857 bits per heavy atom. The van der Waals surface area contributed by atoms with Crippen molar-refractivity contribution in [2.24, 2.45) is 5.92 Å². The summed E-state index contributed by atoms with van der Waals surface area (Å²) in [5.41, 5.74) is 2.05. The lowest BCUT2D eigenvalue weighted by Gasteiger charge is -2.36. The molecule has 3 rings (SSSR count). The van der Waals surface area contributed by atoms with E-state index >= 15 is 0 Å². The summed E-state index contributed by atoms with van der Waals surface area (Å²) in [4.78, 5) is 17.6. The molecule has 2 saturated carbocycles.